The van der Waals surface area contributed by atoms with Crippen LogP contribution in [0.5, 0.6) is 0 Å². The Bertz CT molecular complexity index is 3560. The first-order valence-corrected chi connectivity index (χ1v) is 22.0. The maximum atomic E-state index is 5.94. The monoisotopic (exact) mass is 831 g/mol. The highest BCUT2D eigenvalue weighted by atomic mass is 16.3. The van der Waals surface area contributed by atoms with Crippen LogP contribution in [0.25, 0.3) is 90.2 Å². The molecule has 6 nitrogen and oxygen atoms in total. The molecule has 2 unspecified atom stereocenters. The zero-order chi connectivity index (χ0) is 42.8. The number of para-hydroxylation sites is 1. The van der Waals surface area contributed by atoms with Crippen LogP contribution >= 0.6 is 0 Å². The number of fused-ring (bicyclic) bond motifs is 1. The summed E-state index contributed by atoms with van der Waals surface area (Å²) in [4.78, 5) is 25.6. The summed E-state index contributed by atoms with van der Waals surface area (Å²) < 4.78 is 5.94. The summed E-state index contributed by atoms with van der Waals surface area (Å²) in [6.07, 6.45) is 1.85. The highest BCUT2D eigenvalue weighted by molar-refractivity contribution is 5.94. The van der Waals surface area contributed by atoms with E-state index in [0.29, 0.717) is 23.3 Å². The highest BCUT2D eigenvalue weighted by Crippen LogP contribution is 2.56. The molecule has 0 spiro atoms. The first-order valence-electron chi connectivity index (χ1n) is 22.0. The third-order valence-corrected chi connectivity index (χ3v) is 13.0. The molecule has 3 aliphatic carbocycles. The molecule has 0 saturated heterocycles. The van der Waals surface area contributed by atoms with Crippen molar-refractivity contribution in [3.63, 3.8) is 0 Å². The van der Waals surface area contributed by atoms with Gasteiger partial charge in [-0.25, -0.2) is 24.9 Å². The Kier molecular flexibility index (Phi) is 8.56. The van der Waals surface area contributed by atoms with Gasteiger partial charge in [0.15, 0.2) is 23.3 Å². The van der Waals surface area contributed by atoms with Gasteiger partial charge in [0, 0.05) is 56.2 Å². The predicted molar refractivity (Wildman–Crippen MR) is 258 cm³/mol. The molecular weight excluding hydrogens is 795 g/mol. The molecule has 2 bridgehead atoms. The van der Waals surface area contributed by atoms with Crippen LogP contribution in [0.1, 0.15) is 45.2 Å². The van der Waals surface area contributed by atoms with Crippen molar-refractivity contribution in [1.82, 2.24) is 24.9 Å². The third kappa shape index (κ3) is 6.29. The van der Waals surface area contributed by atoms with Crippen molar-refractivity contribution in [2.45, 2.75) is 11.8 Å². The fraction of sp³-hybridized carbons (Fsp3) is 0.0339. The predicted octanol–water partition coefficient (Wildman–Crippen LogP) is 14.1. The van der Waals surface area contributed by atoms with Crippen molar-refractivity contribution in [2.24, 2.45) is 0 Å². The maximum absolute atomic E-state index is 5.94. The van der Waals surface area contributed by atoms with E-state index in [2.05, 4.69) is 109 Å². The van der Waals surface area contributed by atoms with Crippen molar-refractivity contribution in [2.75, 3.05) is 0 Å². The molecule has 0 radical (unpaired) electrons. The number of hydrogen-bond donors (Lipinski definition) is 0. The van der Waals surface area contributed by atoms with Gasteiger partial charge in [-0.05, 0) is 69.3 Å². The fourth-order valence-electron chi connectivity index (χ4n) is 9.96. The van der Waals surface area contributed by atoms with Gasteiger partial charge in [-0.3, -0.25) is 0 Å². The third-order valence-electron chi connectivity index (χ3n) is 13.0. The highest BCUT2D eigenvalue weighted by Gasteiger charge is 2.41. The Hall–Kier alpha value is -8.61. The van der Waals surface area contributed by atoms with Crippen molar-refractivity contribution in [1.29, 1.82) is 0 Å². The Morgan fingerprint density at radius 3 is 1.32 bits per heavy atom. The average Bonchev–Trinajstić information content (AvgIpc) is 3.83. The van der Waals surface area contributed by atoms with Crippen LogP contribution in [0.4, 0.5) is 0 Å². The van der Waals surface area contributed by atoms with Crippen LogP contribution in [-0.2, 0) is 0 Å². The number of rotatable bonds is 7. The molecule has 0 aliphatic heterocycles. The number of nitrogens with zero attached hydrogens (tertiary/aromatic N) is 5. The Morgan fingerprint density at radius 2 is 0.723 bits per heavy atom. The van der Waals surface area contributed by atoms with E-state index >= 15 is 0 Å². The van der Waals surface area contributed by atoms with Crippen LogP contribution in [0, 0.1) is 0 Å². The minimum atomic E-state index is 0.0433. The quantitative estimate of drug-likeness (QED) is 0.159. The molecule has 304 valence electrons. The summed E-state index contributed by atoms with van der Waals surface area (Å²) >= 11 is 0. The van der Waals surface area contributed by atoms with E-state index in [1.807, 2.05) is 103 Å². The molecule has 3 heterocycles. The van der Waals surface area contributed by atoms with Crippen molar-refractivity contribution >= 4 is 11.0 Å². The molecular formula is C59H37N5O. The van der Waals surface area contributed by atoms with E-state index in [0.717, 1.165) is 66.9 Å². The molecule has 3 aromatic heterocycles. The molecule has 3 aliphatic rings. The maximum Gasteiger partial charge on any atom is 0.164 e. The lowest BCUT2D eigenvalue weighted by molar-refractivity contribution is 0.617. The SMILES string of the molecule is c1ccc(-c2nc(-c3cccc(-c4coc5ccccc45)c3)cc(-c3ccc4c(c3)C3c5ccccc5C4c4cc(-c5nc(-c6ccccc6)nc(-c6ccccc6)n5)ccc43)n2)cc1. The molecule has 11 aromatic rings. The zero-order valence-corrected chi connectivity index (χ0v) is 35.0. The lowest BCUT2D eigenvalue weighted by atomic mass is 9.60. The van der Waals surface area contributed by atoms with Crippen LogP contribution in [0.2, 0.25) is 0 Å². The van der Waals surface area contributed by atoms with E-state index in [1.54, 1.807) is 0 Å². The van der Waals surface area contributed by atoms with Gasteiger partial charge in [0.25, 0.3) is 0 Å². The normalized spacial score (nSPS) is 14.5. The molecule has 0 fully saturated rings. The minimum Gasteiger partial charge on any atom is -0.464 e. The second kappa shape index (κ2) is 15.0. The summed E-state index contributed by atoms with van der Waals surface area (Å²) in [7, 11) is 0. The van der Waals surface area contributed by atoms with Gasteiger partial charge >= 0.3 is 0 Å². The van der Waals surface area contributed by atoms with E-state index in [-0.39, 0.29) is 11.8 Å². The summed E-state index contributed by atoms with van der Waals surface area (Å²) in [6.45, 7) is 0. The molecule has 0 N–H and O–H groups in total. The summed E-state index contributed by atoms with van der Waals surface area (Å²) in [5.74, 6) is 2.73. The van der Waals surface area contributed by atoms with Crippen molar-refractivity contribution in [3.8, 4) is 79.2 Å². The van der Waals surface area contributed by atoms with Gasteiger partial charge in [0.05, 0.1) is 17.7 Å². The van der Waals surface area contributed by atoms with Gasteiger partial charge in [-0.15, -0.1) is 0 Å². The fourth-order valence-corrected chi connectivity index (χ4v) is 9.96. The minimum absolute atomic E-state index is 0.0433. The lowest BCUT2D eigenvalue weighted by Crippen LogP contribution is -2.27. The van der Waals surface area contributed by atoms with E-state index in [1.165, 1.54) is 33.4 Å². The van der Waals surface area contributed by atoms with Gasteiger partial charge < -0.3 is 4.42 Å². The lowest BCUT2D eigenvalue weighted by Gasteiger charge is -2.42. The summed E-state index contributed by atoms with van der Waals surface area (Å²) in [5, 5.41) is 1.08. The van der Waals surface area contributed by atoms with Gasteiger partial charge in [0.2, 0.25) is 0 Å². The second-order valence-electron chi connectivity index (χ2n) is 16.8. The first kappa shape index (κ1) is 37.0. The standard InChI is InChI=1S/C59H37N5O/c1-4-15-36(16-5-1)56-60-51(40-22-14-21-39(31-40)50-35-65-53-26-13-12-23-43(50)53)34-52(61-56)41-27-29-46-48(32-41)54-44-24-10-11-25-45(44)55(46)49-33-42(28-30-47(49)54)59-63-57(37-17-6-2-7-18-37)62-58(64-59)38-19-8-3-9-20-38/h1-35,54-55H. The topological polar surface area (TPSA) is 77.6 Å². The van der Waals surface area contributed by atoms with Crippen molar-refractivity contribution in [3.05, 3.63) is 246 Å². The number of hydrogen-bond acceptors (Lipinski definition) is 6. The van der Waals surface area contributed by atoms with Gasteiger partial charge in [0.1, 0.15) is 5.58 Å². The Labute approximate surface area is 375 Å². The number of benzene rings is 8. The smallest absolute Gasteiger partial charge is 0.164 e. The average molecular weight is 832 g/mol. The zero-order valence-electron chi connectivity index (χ0n) is 35.0. The molecule has 65 heavy (non-hydrogen) atoms. The van der Waals surface area contributed by atoms with Crippen LogP contribution in [0.3, 0.4) is 0 Å². The largest absolute Gasteiger partial charge is 0.464 e. The van der Waals surface area contributed by atoms with E-state index in [9.17, 15) is 0 Å². The molecule has 14 rings (SSSR count). The van der Waals surface area contributed by atoms with Gasteiger partial charge in [-0.2, -0.15) is 0 Å². The summed E-state index contributed by atoms with van der Waals surface area (Å²) in [6, 6.07) is 72.1. The van der Waals surface area contributed by atoms with E-state index in [4.69, 9.17) is 29.3 Å². The van der Waals surface area contributed by atoms with E-state index < -0.39 is 0 Å². The second-order valence-corrected chi connectivity index (χ2v) is 16.8. The molecule has 8 aromatic carbocycles. The van der Waals surface area contributed by atoms with Crippen LogP contribution in [0.15, 0.2) is 217 Å². The molecule has 0 saturated carbocycles. The molecule has 6 heteroatoms. The number of furan rings is 1. The molecule has 2 atom stereocenters. The first-order chi connectivity index (χ1) is 32.2. The number of aromatic nitrogens is 5. The van der Waals surface area contributed by atoms with Crippen molar-refractivity contribution < 1.29 is 4.42 Å². The molecule has 0 amide bonds. The Morgan fingerprint density at radius 1 is 0.292 bits per heavy atom. The van der Waals surface area contributed by atoms with Gasteiger partial charge in [-0.1, -0.05) is 176 Å². The van der Waals surface area contributed by atoms with Crippen LogP contribution < -0.4 is 0 Å². The Balaban J connectivity index is 0.928. The summed E-state index contributed by atoms with van der Waals surface area (Å²) in [5.41, 5.74) is 18.5. The van der Waals surface area contributed by atoms with Crippen LogP contribution in [-0.4, -0.2) is 24.9 Å².